The number of ether oxygens (including phenoxy) is 2. The van der Waals surface area contributed by atoms with Crippen LogP contribution in [-0.4, -0.2) is 11.8 Å². The lowest BCUT2D eigenvalue weighted by Crippen LogP contribution is -2.33. The van der Waals surface area contributed by atoms with Crippen LogP contribution in [0.2, 0.25) is 0 Å². The molecule has 0 amide bonds. The normalized spacial score (nSPS) is 21.5. The van der Waals surface area contributed by atoms with Gasteiger partial charge in [-0.05, 0) is 32.6 Å². The third-order valence-electron chi connectivity index (χ3n) is 2.36. The van der Waals surface area contributed by atoms with Crippen molar-refractivity contribution in [1.29, 1.82) is 0 Å². The Hall–Kier alpha value is -0.730. The molecule has 69 valence electrons. The highest BCUT2D eigenvalue weighted by Gasteiger charge is 2.30. The van der Waals surface area contributed by atoms with E-state index in [2.05, 4.69) is 11.8 Å². The van der Waals surface area contributed by atoms with Crippen molar-refractivity contribution in [2.45, 2.75) is 44.6 Å². The average molecular weight is 171 g/mol. The molecule has 0 heterocycles. The minimum Gasteiger partial charge on any atom is -0.431 e. The Bertz CT molecular complexity index is 159. The molecule has 1 aliphatic rings. The van der Waals surface area contributed by atoms with Gasteiger partial charge < -0.3 is 9.47 Å². The lowest BCUT2D eigenvalue weighted by Gasteiger charge is -2.32. The minimum absolute atomic E-state index is 0.312. The van der Waals surface area contributed by atoms with E-state index in [1.807, 2.05) is 6.92 Å². The second kappa shape index (κ2) is 3.78. The van der Waals surface area contributed by atoms with Gasteiger partial charge in [-0.2, -0.15) is 0 Å². The van der Waals surface area contributed by atoms with Gasteiger partial charge in [0.05, 0.1) is 0 Å². The first kappa shape index (κ1) is 9.36. The number of hydrogen-bond acceptors (Lipinski definition) is 3. The van der Waals surface area contributed by atoms with Crippen molar-refractivity contribution >= 4 is 6.16 Å². The second-order valence-electron chi connectivity index (χ2n) is 3.51. The van der Waals surface area contributed by atoms with E-state index in [4.69, 9.17) is 4.74 Å². The highest BCUT2D eigenvalue weighted by Crippen LogP contribution is 2.31. The van der Waals surface area contributed by atoms with Crippen LogP contribution in [-0.2, 0) is 9.47 Å². The van der Waals surface area contributed by atoms with Gasteiger partial charge in [-0.25, -0.2) is 4.79 Å². The zero-order valence-corrected chi connectivity index (χ0v) is 7.47. The van der Waals surface area contributed by atoms with Crippen LogP contribution in [0.4, 0.5) is 4.79 Å². The van der Waals surface area contributed by atoms with Crippen LogP contribution in [0, 0.1) is 7.11 Å². The molecule has 0 aromatic heterocycles. The second-order valence-corrected chi connectivity index (χ2v) is 3.51. The molecule has 1 radical (unpaired) electrons. The Morgan fingerprint density at radius 3 is 2.42 bits per heavy atom. The van der Waals surface area contributed by atoms with Crippen LogP contribution in [0.1, 0.15) is 39.0 Å². The van der Waals surface area contributed by atoms with Gasteiger partial charge >= 0.3 is 6.16 Å². The maximum atomic E-state index is 10.8. The lowest BCUT2D eigenvalue weighted by molar-refractivity contribution is -0.0323. The molecule has 1 saturated carbocycles. The fourth-order valence-electron chi connectivity index (χ4n) is 1.63. The number of carbonyl (C=O) groups excluding carboxylic acids is 1. The highest BCUT2D eigenvalue weighted by molar-refractivity contribution is 5.60. The van der Waals surface area contributed by atoms with E-state index < -0.39 is 6.16 Å². The molecule has 3 nitrogen and oxygen atoms in total. The first-order valence-electron chi connectivity index (χ1n) is 4.31. The minimum atomic E-state index is -0.667. The summed E-state index contributed by atoms with van der Waals surface area (Å²) in [5, 5.41) is 0. The van der Waals surface area contributed by atoms with Crippen LogP contribution >= 0.6 is 0 Å². The maximum Gasteiger partial charge on any atom is 0.508 e. The summed E-state index contributed by atoms with van der Waals surface area (Å²) in [5.74, 6) is 0. The summed E-state index contributed by atoms with van der Waals surface area (Å²) in [6, 6.07) is 0. The zero-order chi connectivity index (χ0) is 9.03. The van der Waals surface area contributed by atoms with E-state index in [1.165, 1.54) is 6.42 Å². The molecule has 0 spiro atoms. The Morgan fingerprint density at radius 1 is 1.33 bits per heavy atom. The largest absolute Gasteiger partial charge is 0.508 e. The molecule has 0 N–H and O–H groups in total. The van der Waals surface area contributed by atoms with Crippen LogP contribution in [0.25, 0.3) is 0 Å². The Labute approximate surface area is 73.0 Å². The Balaban J connectivity index is 2.41. The van der Waals surface area contributed by atoms with Crippen molar-refractivity contribution in [2.24, 2.45) is 0 Å². The summed E-state index contributed by atoms with van der Waals surface area (Å²) in [6.45, 7) is 1.95. The molecule has 0 unspecified atom stereocenters. The van der Waals surface area contributed by atoms with Crippen molar-refractivity contribution in [3.8, 4) is 0 Å². The van der Waals surface area contributed by atoms with Crippen LogP contribution < -0.4 is 0 Å². The monoisotopic (exact) mass is 171 g/mol. The third-order valence-corrected chi connectivity index (χ3v) is 2.36. The topological polar surface area (TPSA) is 35.5 Å². The molecule has 0 atom stereocenters. The molecule has 3 heteroatoms. The molecular weight excluding hydrogens is 156 g/mol. The first-order chi connectivity index (χ1) is 5.66. The molecular formula is C9H15O3. The van der Waals surface area contributed by atoms with Gasteiger partial charge in [0.15, 0.2) is 0 Å². The van der Waals surface area contributed by atoms with Gasteiger partial charge in [-0.1, -0.05) is 6.42 Å². The zero-order valence-electron chi connectivity index (χ0n) is 7.47. The average Bonchev–Trinajstić information content (AvgIpc) is 2.05. The maximum absolute atomic E-state index is 10.8. The van der Waals surface area contributed by atoms with Crippen LogP contribution in [0.5, 0.6) is 0 Å². The quantitative estimate of drug-likeness (QED) is 0.569. The van der Waals surface area contributed by atoms with Crippen molar-refractivity contribution in [1.82, 2.24) is 0 Å². The summed E-state index contributed by atoms with van der Waals surface area (Å²) in [4.78, 5) is 10.8. The van der Waals surface area contributed by atoms with Gasteiger partial charge in [0.25, 0.3) is 0 Å². The van der Waals surface area contributed by atoms with Gasteiger partial charge in [-0.15, -0.1) is 0 Å². The van der Waals surface area contributed by atoms with Gasteiger partial charge in [-0.3, -0.25) is 0 Å². The van der Waals surface area contributed by atoms with Crippen molar-refractivity contribution < 1.29 is 14.3 Å². The molecule has 0 saturated heterocycles. The first-order valence-corrected chi connectivity index (χ1v) is 4.31. The summed E-state index contributed by atoms with van der Waals surface area (Å²) in [7, 11) is 3.01. The lowest BCUT2D eigenvalue weighted by atomic mass is 9.86. The van der Waals surface area contributed by atoms with Gasteiger partial charge in [0, 0.05) is 0 Å². The molecule has 0 aromatic rings. The molecule has 1 rings (SSSR count). The molecule has 0 aliphatic heterocycles. The smallest absolute Gasteiger partial charge is 0.431 e. The SMILES string of the molecule is [CH2]OC(=O)OC1(C)CCCCC1. The summed E-state index contributed by atoms with van der Waals surface area (Å²) in [5.41, 5.74) is -0.312. The molecule has 1 aliphatic carbocycles. The Kier molecular flexibility index (Phi) is 2.95. The fourth-order valence-corrected chi connectivity index (χ4v) is 1.63. The van der Waals surface area contributed by atoms with Crippen molar-refractivity contribution in [3.05, 3.63) is 7.11 Å². The molecule has 0 aromatic carbocycles. The summed E-state index contributed by atoms with van der Waals surface area (Å²) in [6.07, 6.45) is 4.68. The molecule has 0 bridgehead atoms. The van der Waals surface area contributed by atoms with E-state index in [0.29, 0.717) is 0 Å². The number of rotatable bonds is 1. The van der Waals surface area contributed by atoms with E-state index >= 15 is 0 Å². The predicted molar refractivity (Wildman–Crippen MR) is 44.4 cm³/mol. The highest BCUT2D eigenvalue weighted by atomic mass is 16.7. The number of carbonyl (C=O) groups is 1. The van der Waals surface area contributed by atoms with E-state index in [9.17, 15) is 4.79 Å². The summed E-state index contributed by atoms with van der Waals surface area (Å²) >= 11 is 0. The van der Waals surface area contributed by atoms with Crippen LogP contribution in [0.15, 0.2) is 0 Å². The third kappa shape index (κ3) is 2.40. The molecule has 1 fully saturated rings. The molecule has 12 heavy (non-hydrogen) atoms. The predicted octanol–water partition coefficient (Wildman–Crippen LogP) is 2.65. The van der Waals surface area contributed by atoms with Crippen LogP contribution in [0.3, 0.4) is 0 Å². The van der Waals surface area contributed by atoms with E-state index in [1.54, 1.807) is 0 Å². The van der Waals surface area contributed by atoms with Crippen molar-refractivity contribution in [3.63, 3.8) is 0 Å². The van der Waals surface area contributed by atoms with Crippen molar-refractivity contribution in [2.75, 3.05) is 0 Å². The van der Waals surface area contributed by atoms with Gasteiger partial charge in [0.2, 0.25) is 0 Å². The standard InChI is InChI=1S/C9H15O3/c1-9(12-8(10)11-2)6-4-3-5-7-9/h2-7H2,1H3. The fraction of sp³-hybridized carbons (Fsp3) is 0.778. The van der Waals surface area contributed by atoms with Gasteiger partial charge in [0.1, 0.15) is 12.7 Å². The van der Waals surface area contributed by atoms with E-state index in [0.717, 1.165) is 25.7 Å². The Morgan fingerprint density at radius 2 is 1.92 bits per heavy atom. The number of hydrogen-bond donors (Lipinski definition) is 0. The summed E-state index contributed by atoms with van der Waals surface area (Å²) < 4.78 is 9.31. The van der Waals surface area contributed by atoms with E-state index in [-0.39, 0.29) is 5.60 Å².